The Balaban J connectivity index is 3.17. The van der Waals surface area contributed by atoms with Crippen LogP contribution in [0.3, 0.4) is 0 Å². The molecule has 5 N–H and O–H groups in total. The first-order valence-corrected chi connectivity index (χ1v) is 3.36. The van der Waals surface area contributed by atoms with E-state index in [4.69, 9.17) is 16.6 Å². The van der Waals surface area contributed by atoms with Gasteiger partial charge in [-0.2, -0.15) is 0 Å². The van der Waals surface area contributed by atoms with E-state index < -0.39 is 5.91 Å². The summed E-state index contributed by atoms with van der Waals surface area (Å²) in [6, 6.07) is 0. The first kappa shape index (κ1) is 6.88. The fourth-order valence-electron chi connectivity index (χ4n) is 0.540. The molecule has 4 nitrogen and oxygen atoms in total. The molecule has 1 heterocycles. The van der Waals surface area contributed by atoms with Gasteiger partial charge in [-0.15, -0.1) is 11.3 Å². The third-order valence-corrected chi connectivity index (χ3v) is 2.02. The maximum atomic E-state index is 10.5. The highest BCUT2D eigenvalue weighted by Gasteiger charge is 2.11. The van der Waals surface area contributed by atoms with Crippen LogP contribution in [0.25, 0.3) is 0 Å². The molecule has 0 radical (unpaired) electrons. The lowest BCUT2D eigenvalue weighted by Gasteiger charge is -1.90. The molecule has 10 heavy (non-hydrogen) atoms. The van der Waals surface area contributed by atoms with Crippen molar-refractivity contribution >= 4 is 22.9 Å². The number of anilines is 1. The second kappa shape index (κ2) is 2.18. The van der Waals surface area contributed by atoms with Gasteiger partial charge in [-0.3, -0.25) is 4.79 Å². The Labute approximate surface area is 61.1 Å². The SMILES string of the molecule is NC(=O)c1scc(N)c1O. The zero-order chi connectivity index (χ0) is 7.72. The van der Waals surface area contributed by atoms with Crippen LogP contribution >= 0.6 is 11.3 Å². The summed E-state index contributed by atoms with van der Waals surface area (Å²) >= 11 is 1.03. The monoisotopic (exact) mass is 158 g/mol. The van der Waals surface area contributed by atoms with Crippen LogP contribution in [0, 0.1) is 0 Å². The summed E-state index contributed by atoms with van der Waals surface area (Å²) in [5, 5.41) is 10.5. The van der Waals surface area contributed by atoms with Gasteiger partial charge >= 0.3 is 0 Å². The summed E-state index contributed by atoms with van der Waals surface area (Å²) < 4.78 is 0. The van der Waals surface area contributed by atoms with Crippen LogP contribution in [-0.2, 0) is 0 Å². The highest BCUT2D eigenvalue weighted by atomic mass is 32.1. The Kier molecular flexibility index (Phi) is 1.50. The Morgan fingerprint density at radius 1 is 1.70 bits per heavy atom. The minimum absolute atomic E-state index is 0.109. The summed E-state index contributed by atoms with van der Waals surface area (Å²) in [6.45, 7) is 0. The van der Waals surface area contributed by atoms with Crippen LogP contribution < -0.4 is 11.5 Å². The Hall–Kier alpha value is -1.23. The van der Waals surface area contributed by atoms with Crippen molar-refractivity contribution in [2.75, 3.05) is 5.73 Å². The van der Waals surface area contributed by atoms with Gasteiger partial charge in [0.05, 0.1) is 5.69 Å². The van der Waals surface area contributed by atoms with Crippen molar-refractivity contribution in [3.8, 4) is 5.75 Å². The van der Waals surface area contributed by atoms with Crippen molar-refractivity contribution in [2.45, 2.75) is 0 Å². The number of nitrogen functional groups attached to an aromatic ring is 1. The number of primary amides is 1. The quantitative estimate of drug-likeness (QED) is 0.542. The maximum Gasteiger partial charge on any atom is 0.262 e. The number of amides is 1. The van der Waals surface area contributed by atoms with Crippen molar-refractivity contribution in [3.05, 3.63) is 10.3 Å². The predicted octanol–water partition coefficient (Wildman–Crippen LogP) is 0.135. The van der Waals surface area contributed by atoms with Crippen LogP contribution in [0.4, 0.5) is 5.69 Å². The second-order valence-electron chi connectivity index (χ2n) is 1.73. The molecule has 0 saturated heterocycles. The molecular formula is C5H6N2O2S. The maximum absolute atomic E-state index is 10.5. The molecular weight excluding hydrogens is 152 g/mol. The average Bonchev–Trinajstić information content (AvgIpc) is 2.14. The molecule has 5 heteroatoms. The highest BCUT2D eigenvalue weighted by Crippen LogP contribution is 2.30. The van der Waals surface area contributed by atoms with Crippen molar-refractivity contribution in [3.63, 3.8) is 0 Å². The van der Waals surface area contributed by atoms with Gasteiger partial charge in [0.1, 0.15) is 4.88 Å². The van der Waals surface area contributed by atoms with Crippen molar-refractivity contribution in [1.29, 1.82) is 0 Å². The summed E-state index contributed by atoms with van der Waals surface area (Å²) in [4.78, 5) is 10.6. The normalized spacial score (nSPS) is 9.60. The smallest absolute Gasteiger partial charge is 0.262 e. The number of hydrogen-bond acceptors (Lipinski definition) is 4. The fraction of sp³-hybridized carbons (Fsp3) is 0. The lowest BCUT2D eigenvalue weighted by molar-refractivity contribution is 0.100. The summed E-state index contributed by atoms with van der Waals surface area (Å²) in [5.74, 6) is -0.864. The number of thiophene rings is 1. The minimum Gasteiger partial charge on any atom is -0.504 e. The van der Waals surface area contributed by atoms with Gasteiger partial charge in [-0.05, 0) is 0 Å². The topological polar surface area (TPSA) is 89.3 Å². The average molecular weight is 158 g/mol. The molecule has 1 amide bonds. The van der Waals surface area contributed by atoms with Crippen molar-refractivity contribution < 1.29 is 9.90 Å². The number of hydrogen-bond donors (Lipinski definition) is 3. The molecule has 0 aliphatic carbocycles. The molecule has 0 saturated carbocycles. The van der Waals surface area contributed by atoms with Gasteiger partial charge < -0.3 is 16.6 Å². The Morgan fingerprint density at radius 3 is 2.50 bits per heavy atom. The van der Waals surface area contributed by atoms with E-state index in [2.05, 4.69) is 0 Å². The summed E-state index contributed by atoms with van der Waals surface area (Å²) in [7, 11) is 0. The van der Waals surface area contributed by atoms with E-state index in [1.807, 2.05) is 0 Å². The van der Waals surface area contributed by atoms with Crippen LogP contribution in [0.1, 0.15) is 9.67 Å². The Morgan fingerprint density at radius 2 is 2.30 bits per heavy atom. The third-order valence-electron chi connectivity index (χ3n) is 1.02. The minimum atomic E-state index is -0.654. The van der Waals surface area contributed by atoms with Crippen molar-refractivity contribution in [1.82, 2.24) is 0 Å². The molecule has 0 aliphatic heterocycles. The standard InChI is InChI=1S/C5H6N2O2S/c6-2-1-10-4(3(2)8)5(7)9/h1,8H,6H2,(H2,7,9). The zero-order valence-electron chi connectivity index (χ0n) is 5.00. The third kappa shape index (κ3) is 0.906. The number of nitrogens with two attached hydrogens (primary N) is 2. The molecule has 0 aliphatic rings. The van der Waals surface area contributed by atoms with E-state index in [9.17, 15) is 4.79 Å². The number of aromatic hydroxyl groups is 1. The van der Waals surface area contributed by atoms with E-state index in [1.54, 1.807) is 0 Å². The Bertz CT molecular complexity index is 269. The summed E-state index contributed by atoms with van der Waals surface area (Å²) in [6.07, 6.45) is 0. The molecule has 1 aromatic rings. The molecule has 0 fully saturated rings. The lowest BCUT2D eigenvalue weighted by atomic mass is 10.4. The lowest BCUT2D eigenvalue weighted by Crippen LogP contribution is -2.08. The largest absolute Gasteiger partial charge is 0.504 e. The molecule has 0 unspecified atom stereocenters. The van der Waals surface area contributed by atoms with Crippen LogP contribution in [-0.4, -0.2) is 11.0 Å². The van der Waals surface area contributed by atoms with Gasteiger partial charge in [-0.25, -0.2) is 0 Å². The molecule has 1 rings (SSSR count). The van der Waals surface area contributed by atoms with E-state index in [0.717, 1.165) is 11.3 Å². The second-order valence-corrected chi connectivity index (χ2v) is 2.61. The van der Waals surface area contributed by atoms with Gasteiger partial charge in [-0.1, -0.05) is 0 Å². The molecule has 0 atom stereocenters. The van der Waals surface area contributed by atoms with Crippen LogP contribution in [0.15, 0.2) is 5.38 Å². The van der Waals surface area contributed by atoms with E-state index in [0.29, 0.717) is 0 Å². The zero-order valence-corrected chi connectivity index (χ0v) is 5.81. The molecule has 54 valence electrons. The van der Waals surface area contributed by atoms with Gasteiger partial charge in [0.25, 0.3) is 5.91 Å². The first-order valence-electron chi connectivity index (χ1n) is 2.48. The van der Waals surface area contributed by atoms with Gasteiger partial charge in [0.15, 0.2) is 5.75 Å². The molecule has 0 aromatic carbocycles. The number of carbonyl (C=O) groups excluding carboxylic acids is 1. The molecule has 0 spiro atoms. The van der Waals surface area contributed by atoms with Gasteiger partial charge in [0, 0.05) is 5.38 Å². The van der Waals surface area contributed by atoms with Crippen LogP contribution in [0.2, 0.25) is 0 Å². The highest BCUT2D eigenvalue weighted by molar-refractivity contribution is 7.13. The van der Waals surface area contributed by atoms with E-state index >= 15 is 0 Å². The van der Waals surface area contributed by atoms with E-state index in [-0.39, 0.29) is 16.3 Å². The number of rotatable bonds is 1. The molecule has 0 bridgehead atoms. The fourth-order valence-corrected chi connectivity index (χ4v) is 1.24. The molecule has 1 aromatic heterocycles. The first-order chi connectivity index (χ1) is 4.63. The number of carbonyl (C=O) groups is 1. The van der Waals surface area contributed by atoms with Gasteiger partial charge in [0.2, 0.25) is 0 Å². The van der Waals surface area contributed by atoms with E-state index in [1.165, 1.54) is 5.38 Å². The van der Waals surface area contributed by atoms with Crippen molar-refractivity contribution in [2.24, 2.45) is 5.73 Å². The predicted molar refractivity (Wildman–Crippen MR) is 38.9 cm³/mol. The summed E-state index contributed by atoms with van der Waals surface area (Å²) in [5.41, 5.74) is 10.3. The van der Waals surface area contributed by atoms with Crippen LogP contribution in [0.5, 0.6) is 5.75 Å².